The smallest absolute Gasteiger partial charge is 0.280 e. The molecule has 4 N–H and O–H groups in total. The Balaban J connectivity index is 4.73. The zero-order valence-corrected chi connectivity index (χ0v) is 15.0. The average Bonchev–Trinajstić information content (AvgIpc) is 2.50. The number of hydrogen-bond acceptors (Lipinski definition) is 5. The summed E-state index contributed by atoms with van der Waals surface area (Å²) in [5.41, 5.74) is 15.8. The van der Waals surface area contributed by atoms with Gasteiger partial charge in [0.2, 0.25) is 0 Å². The Kier molecular flexibility index (Phi) is 8.72. The summed E-state index contributed by atoms with van der Waals surface area (Å²) < 4.78 is 0. The highest BCUT2D eigenvalue weighted by Crippen LogP contribution is 2.28. The van der Waals surface area contributed by atoms with Crippen molar-refractivity contribution in [3.05, 3.63) is 5.53 Å². The molecule has 0 aromatic heterocycles. The van der Waals surface area contributed by atoms with Crippen LogP contribution in [-0.4, -0.2) is 38.9 Å². The number of oxime groups is 2. The Hall–Kier alpha value is -1.72. The zero-order chi connectivity index (χ0) is 18.1. The van der Waals surface area contributed by atoms with Gasteiger partial charge in [0, 0.05) is 18.3 Å². The van der Waals surface area contributed by atoms with Crippen LogP contribution in [0.25, 0.3) is 5.53 Å². The summed E-state index contributed by atoms with van der Waals surface area (Å²) in [4.78, 5) is 3.42. The van der Waals surface area contributed by atoms with E-state index >= 15 is 0 Å². The van der Waals surface area contributed by atoms with Crippen molar-refractivity contribution in [2.45, 2.75) is 66.7 Å². The van der Waals surface area contributed by atoms with Crippen LogP contribution in [0.1, 0.15) is 66.7 Å². The third-order valence-electron chi connectivity index (χ3n) is 4.66. The molecule has 0 aliphatic carbocycles. The predicted molar refractivity (Wildman–Crippen MR) is 92.4 cm³/mol. The molecule has 0 saturated carbocycles. The van der Waals surface area contributed by atoms with E-state index in [-0.39, 0.29) is 5.41 Å². The van der Waals surface area contributed by atoms with Gasteiger partial charge in [0.15, 0.2) is 0 Å². The molecule has 7 nitrogen and oxygen atoms in total. The maximum absolute atomic E-state index is 9.33. The summed E-state index contributed by atoms with van der Waals surface area (Å²) in [6.07, 6.45) is 3.63. The number of unbranched alkanes of at least 4 members (excludes halogenated alkanes) is 1. The zero-order valence-electron chi connectivity index (χ0n) is 15.0. The van der Waals surface area contributed by atoms with Gasteiger partial charge in [-0.05, 0) is 40.2 Å². The predicted octanol–water partition coefficient (Wildman–Crippen LogP) is 3.30. The second-order valence-corrected chi connectivity index (χ2v) is 7.03. The van der Waals surface area contributed by atoms with Gasteiger partial charge in [-0.25, -0.2) is 0 Å². The van der Waals surface area contributed by atoms with Gasteiger partial charge >= 0.3 is 0 Å². The molecule has 0 aromatic rings. The van der Waals surface area contributed by atoms with Crippen LogP contribution in [0.15, 0.2) is 10.3 Å². The maximum atomic E-state index is 9.33. The van der Waals surface area contributed by atoms with E-state index < -0.39 is 5.41 Å². The highest BCUT2D eigenvalue weighted by molar-refractivity contribution is 6.08. The van der Waals surface area contributed by atoms with Crippen LogP contribution in [0.2, 0.25) is 0 Å². The minimum Gasteiger partial charge on any atom is -0.411 e. The fourth-order valence-corrected chi connectivity index (χ4v) is 2.45. The van der Waals surface area contributed by atoms with Crippen molar-refractivity contribution < 1.29 is 15.2 Å². The summed E-state index contributed by atoms with van der Waals surface area (Å²) in [6, 6.07) is 0. The monoisotopic (exact) mass is 325 g/mol. The summed E-state index contributed by atoms with van der Waals surface area (Å²) >= 11 is 0. The van der Waals surface area contributed by atoms with Crippen molar-refractivity contribution in [2.75, 3.05) is 6.54 Å². The van der Waals surface area contributed by atoms with Crippen LogP contribution in [0.4, 0.5) is 0 Å². The van der Waals surface area contributed by atoms with E-state index in [4.69, 9.17) is 16.1 Å². The summed E-state index contributed by atoms with van der Waals surface area (Å²) in [7, 11) is 0. The first-order valence-corrected chi connectivity index (χ1v) is 7.99. The Morgan fingerprint density at radius 1 is 1.09 bits per heavy atom. The van der Waals surface area contributed by atoms with E-state index in [0.717, 1.165) is 19.3 Å². The highest BCUT2D eigenvalue weighted by atomic mass is 16.4. The first-order valence-electron chi connectivity index (χ1n) is 7.99. The lowest BCUT2D eigenvalue weighted by Gasteiger charge is -2.24. The van der Waals surface area contributed by atoms with Gasteiger partial charge in [0.1, 0.15) is 5.41 Å². The van der Waals surface area contributed by atoms with E-state index in [1.54, 1.807) is 6.92 Å². The van der Waals surface area contributed by atoms with Crippen molar-refractivity contribution in [3.63, 3.8) is 0 Å². The minimum absolute atomic E-state index is 0.169. The largest absolute Gasteiger partial charge is 0.411 e. The van der Waals surface area contributed by atoms with Gasteiger partial charge < -0.3 is 21.7 Å². The van der Waals surface area contributed by atoms with Crippen molar-refractivity contribution >= 4 is 17.1 Å². The van der Waals surface area contributed by atoms with E-state index in [9.17, 15) is 5.53 Å². The molecule has 0 atom stereocenters. The lowest BCUT2D eigenvalue weighted by atomic mass is 9.78. The molecule has 0 radical (unpaired) electrons. The van der Waals surface area contributed by atoms with Gasteiger partial charge in [-0.1, -0.05) is 30.6 Å². The molecule has 23 heavy (non-hydrogen) atoms. The number of nitrogens with two attached hydrogens (primary N) is 1. The summed E-state index contributed by atoms with van der Waals surface area (Å²) in [6.45, 7) is 9.96. The van der Waals surface area contributed by atoms with Gasteiger partial charge in [0.05, 0.1) is 11.4 Å². The molecular weight excluding hydrogens is 294 g/mol. The fraction of sp³-hybridized carbons (Fsp3) is 0.812. The van der Waals surface area contributed by atoms with Crippen LogP contribution in [0.5, 0.6) is 0 Å². The summed E-state index contributed by atoms with van der Waals surface area (Å²) in [5.74, 6) is 0. The molecule has 0 unspecified atom stereocenters. The quantitative estimate of drug-likeness (QED) is 0.142. The van der Waals surface area contributed by atoms with Crippen molar-refractivity contribution in [2.24, 2.45) is 26.9 Å². The van der Waals surface area contributed by atoms with Gasteiger partial charge in [-0.3, -0.25) is 0 Å². The Morgan fingerprint density at radius 2 is 1.70 bits per heavy atom. The van der Waals surface area contributed by atoms with E-state index in [2.05, 4.69) is 15.1 Å². The molecule has 0 heterocycles. The molecule has 0 saturated heterocycles. The molecule has 0 aromatic carbocycles. The van der Waals surface area contributed by atoms with Crippen LogP contribution in [0, 0.1) is 10.8 Å². The standard InChI is InChI=1S/C16H31N5O2/c1-12(20-22)15(2,3)10-7-6-8-13(19-18)16(4,5)14(21-23)9-11-17/h22-23H,6-11,17H2,1-5H3/b20-12+,21-14+. The van der Waals surface area contributed by atoms with E-state index in [1.165, 1.54) is 0 Å². The highest BCUT2D eigenvalue weighted by Gasteiger charge is 2.37. The van der Waals surface area contributed by atoms with Gasteiger partial charge in [0.25, 0.3) is 5.71 Å². The topological polar surface area (TPSA) is 128 Å². The molecule has 0 rings (SSSR count). The molecular formula is C16H31N5O2. The van der Waals surface area contributed by atoms with E-state index in [0.29, 0.717) is 36.5 Å². The SMILES string of the molecule is C/C(=N\O)C(C)(C)CCCCC(=[N+]=[N-])C(C)(C)/C(CCN)=N/O. The molecule has 0 amide bonds. The second-order valence-electron chi connectivity index (χ2n) is 7.03. The number of nitrogens with zero attached hydrogens (tertiary/aromatic N) is 4. The number of hydrogen-bond donors (Lipinski definition) is 3. The molecule has 0 fully saturated rings. The molecule has 0 bridgehead atoms. The maximum Gasteiger partial charge on any atom is 0.280 e. The lowest BCUT2D eigenvalue weighted by molar-refractivity contribution is -0.0181. The van der Waals surface area contributed by atoms with Crippen LogP contribution < -0.4 is 5.73 Å². The minimum atomic E-state index is -0.638. The first kappa shape index (κ1) is 21.3. The van der Waals surface area contributed by atoms with Crippen molar-refractivity contribution in [1.82, 2.24) is 0 Å². The molecule has 132 valence electrons. The van der Waals surface area contributed by atoms with Crippen LogP contribution in [-0.2, 0) is 0 Å². The Bertz CT molecular complexity index is 489. The number of rotatable bonds is 10. The normalized spacial score (nSPS) is 13.8. The van der Waals surface area contributed by atoms with Gasteiger partial charge in [-0.2, -0.15) is 4.79 Å². The molecule has 7 heteroatoms. The van der Waals surface area contributed by atoms with Crippen molar-refractivity contribution in [1.29, 1.82) is 0 Å². The lowest BCUT2D eigenvalue weighted by Crippen LogP contribution is -2.35. The third-order valence-corrected chi connectivity index (χ3v) is 4.66. The van der Waals surface area contributed by atoms with Crippen LogP contribution in [0.3, 0.4) is 0 Å². The third kappa shape index (κ3) is 6.12. The molecule has 0 aliphatic rings. The van der Waals surface area contributed by atoms with Gasteiger partial charge in [-0.15, -0.1) is 0 Å². The molecule has 0 aliphatic heterocycles. The average molecular weight is 325 g/mol. The fourth-order valence-electron chi connectivity index (χ4n) is 2.45. The Morgan fingerprint density at radius 3 is 2.13 bits per heavy atom. The second kappa shape index (κ2) is 9.43. The summed E-state index contributed by atoms with van der Waals surface area (Å²) in [5, 5.41) is 24.7. The van der Waals surface area contributed by atoms with Crippen LogP contribution >= 0.6 is 0 Å². The molecule has 0 spiro atoms. The Labute approximate surface area is 138 Å². The van der Waals surface area contributed by atoms with E-state index in [1.807, 2.05) is 27.7 Å². The van der Waals surface area contributed by atoms with Crippen molar-refractivity contribution in [3.8, 4) is 0 Å². The first-order chi connectivity index (χ1) is 10.7.